The van der Waals surface area contributed by atoms with Crippen molar-refractivity contribution in [2.24, 2.45) is 0 Å². The summed E-state index contributed by atoms with van der Waals surface area (Å²) in [6, 6.07) is 5.24. The molecule has 9 nitrogen and oxygen atoms in total. The molecule has 0 aliphatic heterocycles. The summed E-state index contributed by atoms with van der Waals surface area (Å²) in [7, 11) is -2.82. The molecule has 0 aliphatic carbocycles. The highest BCUT2D eigenvalue weighted by molar-refractivity contribution is 7.99. The van der Waals surface area contributed by atoms with Crippen LogP contribution in [0.3, 0.4) is 0 Å². The topological polar surface area (TPSA) is 125 Å². The lowest BCUT2D eigenvalue weighted by molar-refractivity contribution is -0.385. The Kier molecular flexibility index (Phi) is 8.16. The minimum absolute atomic E-state index is 0.173. The zero-order valence-corrected chi connectivity index (χ0v) is 19.4. The highest BCUT2D eigenvalue weighted by Gasteiger charge is 2.31. The van der Waals surface area contributed by atoms with Crippen molar-refractivity contribution in [2.45, 2.75) is 26.1 Å². The number of benzene rings is 2. The first kappa shape index (κ1) is 26.9. The van der Waals surface area contributed by atoms with Crippen molar-refractivity contribution in [3.8, 4) is 11.5 Å². The molecule has 184 valence electrons. The number of amides is 1. The Hall–Kier alpha value is -3.32. The second kappa shape index (κ2) is 10.3. The number of carbonyl (C=O) groups is 2. The summed E-state index contributed by atoms with van der Waals surface area (Å²) in [4.78, 5) is 35.1. The van der Waals surface area contributed by atoms with E-state index < -0.39 is 60.6 Å². The number of hydrogen-bond donors (Lipinski definition) is 1. The van der Waals surface area contributed by atoms with Gasteiger partial charge in [-0.2, -0.15) is 13.2 Å². The highest BCUT2D eigenvalue weighted by atomic mass is 35.5. The lowest BCUT2D eigenvalue weighted by atomic mass is 10.1. The smallest absolute Gasteiger partial charge is 0.416 e. The van der Waals surface area contributed by atoms with Crippen molar-refractivity contribution < 1.29 is 41.4 Å². The first-order valence-electron chi connectivity index (χ1n) is 9.29. The molecule has 1 amide bonds. The van der Waals surface area contributed by atoms with E-state index in [9.17, 15) is 37.1 Å². The Morgan fingerprint density at radius 1 is 1.24 bits per heavy atom. The summed E-state index contributed by atoms with van der Waals surface area (Å²) >= 11 is 5.84. The Labute approximate surface area is 197 Å². The molecule has 0 fully saturated rings. The third-order valence-corrected chi connectivity index (χ3v) is 6.08. The fourth-order valence-corrected chi connectivity index (χ4v) is 3.31. The normalized spacial score (nSPS) is 13.9. The molecule has 0 bridgehead atoms. The summed E-state index contributed by atoms with van der Waals surface area (Å²) in [5.41, 5.74) is -2.28. The monoisotopic (exact) mass is 522 g/mol. The number of carbonyl (C=O) groups excluding carboxylic acids is 2. The standard InChI is InChI=1S/C20H18ClF3N2O7S/c1-4-34(3,31)25-18(27)11(2)32-19(28)14-10-13(6-7-16(14)26(29)30)33-17-8-5-12(9-15(17)21)20(22,23)24/h4-11H,1-3H3,(H,25,27,31). The molecule has 2 aromatic carbocycles. The fraction of sp³-hybridized carbons (Fsp3) is 0.250. The molecule has 0 saturated heterocycles. The number of nitro benzene ring substituents is 1. The first-order valence-corrected chi connectivity index (χ1v) is 11.7. The van der Waals surface area contributed by atoms with Gasteiger partial charge in [-0.3, -0.25) is 19.6 Å². The third-order valence-electron chi connectivity index (χ3n) is 4.28. The van der Waals surface area contributed by atoms with Gasteiger partial charge in [0, 0.05) is 28.1 Å². The summed E-state index contributed by atoms with van der Waals surface area (Å²) in [6.07, 6.45) is -4.84. The molecule has 0 spiro atoms. The van der Waals surface area contributed by atoms with Crippen LogP contribution in [-0.4, -0.2) is 38.7 Å². The number of nitro groups is 1. The molecule has 1 N–H and O–H groups in total. The molecule has 0 heterocycles. The van der Waals surface area contributed by atoms with Crippen molar-refractivity contribution >= 4 is 44.2 Å². The summed E-state index contributed by atoms with van der Waals surface area (Å²) < 4.78 is 62.9. The number of esters is 1. The number of nitrogens with one attached hydrogen (secondary N) is 1. The summed E-state index contributed by atoms with van der Waals surface area (Å²) in [5.74, 6) is -2.54. The van der Waals surface area contributed by atoms with Crippen LogP contribution in [0.5, 0.6) is 11.5 Å². The van der Waals surface area contributed by atoms with E-state index in [1.54, 1.807) is 0 Å². The van der Waals surface area contributed by atoms with Crippen LogP contribution in [0.25, 0.3) is 0 Å². The highest BCUT2D eigenvalue weighted by Crippen LogP contribution is 2.37. The molecule has 14 heteroatoms. The maximum absolute atomic E-state index is 12.8. The van der Waals surface area contributed by atoms with Crippen LogP contribution in [0.1, 0.15) is 29.8 Å². The first-order chi connectivity index (χ1) is 15.6. The summed E-state index contributed by atoms with van der Waals surface area (Å²) in [6.45, 7) is 2.63. The average molecular weight is 523 g/mol. The van der Waals surface area contributed by atoms with E-state index in [0.29, 0.717) is 6.07 Å². The number of ether oxygens (including phenoxy) is 2. The molecule has 2 aromatic rings. The number of alkyl halides is 3. The molecule has 0 saturated carbocycles. The van der Waals surface area contributed by atoms with E-state index in [0.717, 1.165) is 30.3 Å². The molecular formula is C20H18ClF3N2O7S. The minimum atomic E-state index is -4.63. The van der Waals surface area contributed by atoms with Gasteiger partial charge in [0.25, 0.3) is 11.6 Å². The Morgan fingerprint density at radius 2 is 1.88 bits per heavy atom. The third kappa shape index (κ3) is 6.84. The van der Waals surface area contributed by atoms with Crippen molar-refractivity contribution in [1.82, 2.24) is 4.72 Å². The van der Waals surface area contributed by atoms with Gasteiger partial charge in [-0.25, -0.2) is 9.00 Å². The minimum Gasteiger partial charge on any atom is -0.456 e. The van der Waals surface area contributed by atoms with Gasteiger partial charge < -0.3 is 9.47 Å². The number of nitrogens with zero attached hydrogens (tertiary/aromatic N) is 1. The van der Waals surface area contributed by atoms with E-state index >= 15 is 0 Å². The lowest BCUT2D eigenvalue weighted by Gasteiger charge is -2.15. The van der Waals surface area contributed by atoms with Gasteiger partial charge in [0.05, 0.1) is 15.5 Å². The zero-order chi connectivity index (χ0) is 25.8. The van der Waals surface area contributed by atoms with Crippen LogP contribution in [0.2, 0.25) is 5.02 Å². The molecular weight excluding hydrogens is 505 g/mol. The van der Waals surface area contributed by atoms with E-state index in [1.807, 2.05) is 0 Å². The van der Waals surface area contributed by atoms with E-state index in [-0.39, 0.29) is 11.5 Å². The second-order valence-corrected chi connectivity index (χ2v) is 9.73. The van der Waals surface area contributed by atoms with E-state index in [4.69, 9.17) is 21.1 Å². The number of hydrogen-bond acceptors (Lipinski definition) is 7. The molecule has 2 rings (SSSR count). The van der Waals surface area contributed by atoms with Gasteiger partial charge in [-0.1, -0.05) is 11.6 Å². The van der Waals surface area contributed by atoms with Crippen LogP contribution < -0.4 is 9.46 Å². The Balaban J connectivity index is 2.31. The Morgan fingerprint density at radius 3 is 2.41 bits per heavy atom. The number of halogens is 4. The van der Waals surface area contributed by atoms with E-state index in [2.05, 4.69) is 4.72 Å². The van der Waals surface area contributed by atoms with Gasteiger partial charge in [-0.05, 0) is 43.5 Å². The van der Waals surface area contributed by atoms with Crippen LogP contribution in [0.15, 0.2) is 36.4 Å². The maximum atomic E-state index is 12.8. The van der Waals surface area contributed by atoms with Crippen molar-refractivity contribution in [3.63, 3.8) is 0 Å². The second-order valence-electron chi connectivity index (χ2n) is 6.83. The maximum Gasteiger partial charge on any atom is 0.416 e. The fourth-order valence-electron chi connectivity index (χ4n) is 2.41. The van der Waals surface area contributed by atoms with Gasteiger partial charge in [0.15, 0.2) is 6.10 Å². The predicted molar refractivity (Wildman–Crippen MR) is 118 cm³/mol. The molecule has 0 aromatic heterocycles. The quantitative estimate of drug-likeness (QED) is 0.248. The molecule has 2 unspecified atom stereocenters. The van der Waals surface area contributed by atoms with Crippen molar-refractivity contribution in [3.05, 3.63) is 62.7 Å². The van der Waals surface area contributed by atoms with Gasteiger partial charge in [-0.15, -0.1) is 0 Å². The SMILES string of the molecule is CC=S(C)(=O)NC(=O)C(C)OC(=O)c1cc(Oc2ccc(C(F)(F)F)cc2Cl)ccc1[N+](=O)[O-]. The van der Waals surface area contributed by atoms with Gasteiger partial charge in [0.1, 0.15) is 17.1 Å². The molecule has 2 atom stereocenters. The van der Waals surface area contributed by atoms with Gasteiger partial charge >= 0.3 is 12.1 Å². The van der Waals surface area contributed by atoms with Crippen LogP contribution in [0, 0.1) is 10.1 Å². The van der Waals surface area contributed by atoms with Crippen LogP contribution in [-0.2, 0) is 25.4 Å². The van der Waals surface area contributed by atoms with Crippen LogP contribution >= 0.6 is 11.6 Å². The lowest BCUT2D eigenvalue weighted by Crippen LogP contribution is -2.39. The van der Waals surface area contributed by atoms with Crippen molar-refractivity contribution in [1.29, 1.82) is 0 Å². The molecule has 0 radical (unpaired) electrons. The zero-order valence-electron chi connectivity index (χ0n) is 17.8. The van der Waals surface area contributed by atoms with Crippen LogP contribution in [0.4, 0.5) is 18.9 Å². The predicted octanol–water partition coefficient (Wildman–Crippen LogP) is 4.37. The average Bonchev–Trinajstić information content (AvgIpc) is 2.73. The summed E-state index contributed by atoms with van der Waals surface area (Å²) in [5, 5.41) is 12.2. The largest absolute Gasteiger partial charge is 0.456 e. The number of rotatable bonds is 7. The van der Waals surface area contributed by atoms with Gasteiger partial charge in [0.2, 0.25) is 0 Å². The van der Waals surface area contributed by atoms with E-state index in [1.165, 1.54) is 25.5 Å². The molecule has 34 heavy (non-hydrogen) atoms. The molecule has 0 aliphatic rings. The Bertz CT molecular complexity index is 1260. The van der Waals surface area contributed by atoms with Crippen molar-refractivity contribution in [2.75, 3.05) is 6.26 Å².